The summed E-state index contributed by atoms with van der Waals surface area (Å²) in [4.78, 5) is 40.7. The lowest BCUT2D eigenvalue weighted by molar-refractivity contribution is -0.139. The van der Waals surface area contributed by atoms with E-state index >= 15 is 0 Å². The first-order chi connectivity index (χ1) is 15.1. The standard InChI is InChI=1S/C23H33N3O4S/c1-2-30-22(28)19-17-8-3-4-9-18(17)31-20(19)25-23(29)24-14-15-10-12-26(13-11-15)21(27)16-6-5-7-16/h15-16H,2-14H2,1H3,(H2,24,25,29). The molecule has 1 aromatic heterocycles. The SMILES string of the molecule is CCOC(=O)c1c(NC(=O)NCC2CCN(C(=O)C3CCC3)CC2)sc2c1CCCC2. The number of anilines is 1. The quantitative estimate of drug-likeness (QED) is 0.646. The average Bonchev–Trinajstić information content (AvgIpc) is 3.09. The summed E-state index contributed by atoms with van der Waals surface area (Å²) in [7, 11) is 0. The van der Waals surface area contributed by atoms with Gasteiger partial charge in [0.1, 0.15) is 5.00 Å². The van der Waals surface area contributed by atoms with E-state index in [0.29, 0.717) is 35.5 Å². The number of hydrogen-bond donors (Lipinski definition) is 2. The van der Waals surface area contributed by atoms with Gasteiger partial charge in [0.05, 0.1) is 12.2 Å². The molecule has 170 valence electrons. The maximum absolute atomic E-state index is 12.6. The predicted octanol–water partition coefficient (Wildman–Crippen LogP) is 3.96. The lowest BCUT2D eigenvalue weighted by Crippen LogP contribution is -2.45. The molecular weight excluding hydrogens is 414 g/mol. The number of thiophene rings is 1. The summed E-state index contributed by atoms with van der Waals surface area (Å²) in [6, 6.07) is -0.280. The summed E-state index contributed by atoms with van der Waals surface area (Å²) >= 11 is 1.50. The zero-order valence-electron chi connectivity index (χ0n) is 18.3. The monoisotopic (exact) mass is 447 g/mol. The van der Waals surface area contributed by atoms with Crippen LogP contribution in [0.5, 0.6) is 0 Å². The molecule has 3 aliphatic rings. The number of carbonyl (C=O) groups excluding carboxylic acids is 3. The highest BCUT2D eigenvalue weighted by Crippen LogP contribution is 2.38. The van der Waals surface area contributed by atoms with Gasteiger partial charge in [0.2, 0.25) is 5.91 Å². The molecule has 1 aromatic rings. The molecule has 4 rings (SSSR count). The molecular formula is C23H33N3O4S. The van der Waals surface area contributed by atoms with Gasteiger partial charge < -0.3 is 15.0 Å². The van der Waals surface area contributed by atoms with Crippen molar-refractivity contribution in [3.8, 4) is 0 Å². The fraction of sp³-hybridized carbons (Fsp3) is 0.696. The van der Waals surface area contributed by atoms with Crippen LogP contribution < -0.4 is 10.6 Å². The first kappa shape index (κ1) is 22.1. The third-order valence-corrected chi connectivity index (χ3v) is 8.02. The van der Waals surface area contributed by atoms with Crippen molar-refractivity contribution in [2.75, 3.05) is 31.6 Å². The molecule has 2 heterocycles. The summed E-state index contributed by atoms with van der Waals surface area (Å²) in [5.41, 5.74) is 1.59. The first-order valence-electron chi connectivity index (χ1n) is 11.7. The number of hydrogen-bond acceptors (Lipinski definition) is 5. The molecule has 0 radical (unpaired) electrons. The van der Waals surface area contributed by atoms with Crippen molar-refractivity contribution in [3.05, 3.63) is 16.0 Å². The number of carbonyl (C=O) groups is 3. The maximum atomic E-state index is 12.6. The van der Waals surface area contributed by atoms with Gasteiger partial charge in [-0.15, -0.1) is 11.3 Å². The van der Waals surface area contributed by atoms with E-state index in [2.05, 4.69) is 10.6 Å². The van der Waals surface area contributed by atoms with Gasteiger partial charge in [-0.25, -0.2) is 9.59 Å². The van der Waals surface area contributed by atoms with Gasteiger partial charge in [0.25, 0.3) is 0 Å². The molecule has 8 heteroatoms. The van der Waals surface area contributed by atoms with Crippen molar-refractivity contribution in [2.24, 2.45) is 11.8 Å². The van der Waals surface area contributed by atoms with E-state index in [-0.39, 0.29) is 17.9 Å². The fourth-order valence-electron chi connectivity index (χ4n) is 4.73. The smallest absolute Gasteiger partial charge is 0.341 e. The second-order valence-corrected chi connectivity index (χ2v) is 9.97. The molecule has 31 heavy (non-hydrogen) atoms. The predicted molar refractivity (Wildman–Crippen MR) is 121 cm³/mol. The minimum Gasteiger partial charge on any atom is -0.462 e. The molecule has 2 fully saturated rings. The Kier molecular flexibility index (Phi) is 7.15. The Morgan fingerprint density at radius 2 is 1.81 bits per heavy atom. The molecule has 2 aliphatic carbocycles. The Labute approximate surface area is 187 Å². The number of nitrogens with one attached hydrogen (secondary N) is 2. The lowest BCUT2D eigenvalue weighted by atomic mass is 9.83. The van der Waals surface area contributed by atoms with Crippen LogP contribution in [0, 0.1) is 11.8 Å². The van der Waals surface area contributed by atoms with Crippen LogP contribution in [0.15, 0.2) is 0 Å². The Morgan fingerprint density at radius 3 is 2.48 bits per heavy atom. The van der Waals surface area contributed by atoms with Gasteiger partial charge in [0.15, 0.2) is 0 Å². The Hall–Kier alpha value is -2.09. The zero-order chi connectivity index (χ0) is 21.8. The highest BCUT2D eigenvalue weighted by Gasteiger charge is 2.32. The van der Waals surface area contributed by atoms with Crippen molar-refractivity contribution in [3.63, 3.8) is 0 Å². The summed E-state index contributed by atoms with van der Waals surface area (Å²) in [5, 5.41) is 6.48. The molecule has 2 N–H and O–H groups in total. The zero-order valence-corrected chi connectivity index (χ0v) is 19.2. The first-order valence-corrected chi connectivity index (χ1v) is 12.5. The van der Waals surface area contributed by atoms with Crippen molar-refractivity contribution in [1.29, 1.82) is 0 Å². The van der Waals surface area contributed by atoms with Gasteiger partial charge in [-0.1, -0.05) is 6.42 Å². The van der Waals surface area contributed by atoms with Crippen LogP contribution in [-0.2, 0) is 22.4 Å². The average molecular weight is 448 g/mol. The number of aryl methyl sites for hydroxylation is 1. The van der Waals surface area contributed by atoms with Gasteiger partial charge in [0, 0.05) is 30.4 Å². The fourth-order valence-corrected chi connectivity index (χ4v) is 6.00. The molecule has 0 atom stereocenters. The normalized spacial score (nSPS) is 19.3. The Morgan fingerprint density at radius 1 is 1.06 bits per heavy atom. The van der Waals surface area contributed by atoms with E-state index in [9.17, 15) is 14.4 Å². The van der Waals surface area contributed by atoms with E-state index in [1.807, 2.05) is 4.90 Å². The highest BCUT2D eigenvalue weighted by atomic mass is 32.1. The Balaban J connectivity index is 1.29. The van der Waals surface area contributed by atoms with Gasteiger partial charge >= 0.3 is 12.0 Å². The van der Waals surface area contributed by atoms with E-state index in [1.165, 1.54) is 22.6 Å². The van der Waals surface area contributed by atoms with Crippen molar-refractivity contribution in [2.45, 2.75) is 64.7 Å². The summed E-state index contributed by atoms with van der Waals surface area (Å²) in [6.45, 7) is 4.26. The minimum absolute atomic E-state index is 0.255. The van der Waals surface area contributed by atoms with E-state index in [4.69, 9.17) is 4.74 Å². The third kappa shape index (κ3) is 5.05. The minimum atomic E-state index is -0.347. The second kappa shape index (κ2) is 10.0. The maximum Gasteiger partial charge on any atom is 0.341 e. The number of esters is 1. The molecule has 3 amide bonds. The summed E-state index contributed by atoms with van der Waals surface area (Å²) in [6.07, 6.45) is 9.08. The highest BCUT2D eigenvalue weighted by molar-refractivity contribution is 7.17. The topological polar surface area (TPSA) is 87.7 Å². The van der Waals surface area contributed by atoms with Crippen molar-refractivity contribution >= 4 is 34.2 Å². The number of urea groups is 1. The molecule has 0 bridgehead atoms. The third-order valence-electron chi connectivity index (χ3n) is 6.81. The number of ether oxygens (including phenoxy) is 1. The number of rotatable bonds is 6. The molecule has 1 saturated carbocycles. The van der Waals surface area contributed by atoms with Crippen LogP contribution in [0.1, 0.15) is 72.7 Å². The molecule has 0 unspecified atom stereocenters. The van der Waals surface area contributed by atoms with Crippen LogP contribution in [0.3, 0.4) is 0 Å². The largest absolute Gasteiger partial charge is 0.462 e. The summed E-state index contributed by atoms with van der Waals surface area (Å²) in [5.74, 6) is 0.604. The van der Waals surface area contributed by atoms with Crippen LogP contribution in [0.25, 0.3) is 0 Å². The van der Waals surface area contributed by atoms with Crippen LogP contribution >= 0.6 is 11.3 Å². The number of nitrogens with zero attached hydrogens (tertiary/aromatic N) is 1. The number of piperidine rings is 1. The van der Waals surface area contributed by atoms with E-state index < -0.39 is 0 Å². The molecule has 1 aliphatic heterocycles. The van der Waals surface area contributed by atoms with Gasteiger partial charge in [-0.2, -0.15) is 0 Å². The van der Waals surface area contributed by atoms with Gasteiger partial charge in [-0.3, -0.25) is 10.1 Å². The second-order valence-electron chi connectivity index (χ2n) is 8.87. The number of likely N-dealkylation sites (tertiary alicyclic amines) is 1. The van der Waals surface area contributed by atoms with Crippen molar-refractivity contribution < 1.29 is 19.1 Å². The van der Waals surface area contributed by atoms with E-state index in [0.717, 1.165) is 70.0 Å². The molecule has 0 spiro atoms. The van der Waals surface area contributed by atoms with Crippen LogP contribution in [-0.4, -0.2) is 49.0 Å². The molecule has 7 nitrogen and oxygen atoms in total. The van der Waals surface area contributed by atoms with E-state index in [1.54, 1.807) is 6.92 Å². The van der Waals surface area contributed by atoms with Crippen LogP contribution in [0.2, 0.25) is 0 Å². The molecule has 1 saturated heterocycles. The lowest BCUT2D eigenvalue weighted by Gasteiger charge is -2.36. The number of amides is 3. The van der Waals surface area contributed by atoms with Crippen molar-refractivity contribution in [1.82, 2.24) is 10.2 Å². The van der Waals surface area contributed by atoms with Crippen LogP contribution in [0.4, 0.5) is 9.80 Å². The Bertz CT molecular complexity index is 825. The van der Waals surface area contributed by atoms with Gasteiger partial charge in [-0.05, 0) is 69.8 Å². The number of fused-ring (bicyclic) bond motifs is 1. The molecule has 0 aromatic carbocycles. The summed E-state index contributed by atoms with van der Waals surface area (Å²) < 4.78 is 5.25.